The van der Waals surface area contributed by atoms with Crippen LogP contribution in [0.3, 0.4) is 0 Å². The molecule has 4 aromatic rings. The van der Waals surface area contributed by atoms with Crippen LogP contribution < -0.4 is 15.9 Å². The molecule has 7 nitrogen and oxygen atoms in total. The minimum atomic E-state index is -0.536. The van der Waals surface area contributed by atoms with Crippen LogP contribution >= 0.6 is 0 Å². The van der Waals surface area contributed by atoms with Gasteiger partial charge in [-0.25, -0.2) is 9.89 Å². The Kier molecular flexibility index (Phi) is 5.52. The van der Waals surface area contributed by atoms with E-state index in [1.54, 1.807) is 13.1 Å². The highest BCUT2D eigenvalue weighted by molar-refractivity contribution is 6.02. The van der Waals surface area contributed by atoms with Crippen molar-refractivity contribution in [1.29, 1.82) is 0 Å². The molecule has 1 heterocycles. The van der Waals surface area contributed by atoms with Crippen LogP contribution in [0.25, 0.3) is 10.8 Å². The van der Waals surface area contributed by atoms with E-state index < -0.39 is 5.69 Å². The summed E-state index contributed by atoms with van der Waals surface area (Å²) in [5, 5.41) is 12.5. The van der Waals surface area contributed by atoms with Crippen molar-refractivity contribution < 1.29 is 4.74 Å². The maximum Gasteiger partial charge on any atom is 0.363 e. The minimum Gasteiger partial charge on any atom is -0.488 e. The Morgan fingerprint density at radius 1 is 1.07 bits per heavy atom. The van der Waals surface area contributed by atoms with Crippen LogP contribution in [0.4, 0.5) is 5.82 Å². The molecule has 0 spiro atoms. The average Bonchev–Trinajstić information content (AvgIpc) is 2.76. The molecule has 0 aliphatic carbocycles. The monoisotopic (exact) mass is 399 g/mol. The van der Waals surface area contributed by atoms with Gasteiger partial charge in [0.15, 0.2) is 5.82 Å². The lowest BCUT2D eigenvalue weighted by atomic mass is 10.0. The number of aromatic amines is 1. The lowest BCUT2D eigenvalue weighted by Crippen LogP contribution is -2.15. The first kappa shape index (κ1) is 19.3. The van der Waals surface area contributed by atoms with Crippen molar-refractivity contribution >= 4 is 22.8 Å². The normalized spacial score (nSPS) is 11.1. The van der Waals surface area contributed by atoms with Crippen LogP contribution in [0, 0.1) is 13.8 Å². The number of aromatic nitrogens is 3. The number of H-pyrrole nitrogens is 1. The molecular weight excluding hydrogens is 378 g/mol. The smallest absolute Gasteiger partial charge is 0.363 e. The molecule has 0 unspecified atom stereocenters. The summed E-state index contributed by atoms with van der Waals surface area (Å²) < 4.78 is 6.16. The van der Waals surface area contributed by atoms with E-state index in [0.29, 0.717) is 18.1 Å². The van der Waals surface area contributed by atoms with Crippen molar-refractivity contribution in [1.82, 2.24) is 15.2 Å². The maximum atomic E-state index is 11.4. The fourth-order valence-corrected chi connectivity index (χ4v) is 3.12. The number of benzene rings is 3. The van der Waals surface area contributed by atoms with E-state index >= 15 is 0 Å². The van der Waals surface area contributed by atoms with Crippen LogP contribution in [0.2, 0.25) is 0 Å². The topological polar surface area (TPSA) is 92.3 Å². The van der Waals surface area contributed by atoms with Gasteiger partial charge in [-0.3, -0.25) is 5.43 Å². The Bertz CT molecular complexity index is 1280. The molecule has 150 valence electrons. The van der Waals surface area contributed by atoms with Crippen molar-refractivity contribution in [2.75, 3.05) is 5.43 Å². The van der Waals surface area contributed by atoms with Crippen molar-refractivity contribution in [2.45, 2.75) is 20.5 Å². The standard InChI is InChI=1S/C23H21N5O2/c1-15-7-3-4-9-18(15)14-30-21-12-11-17-8-5-6-10-19(17)20(21)13-24-27-22-16(2)26-28-23(29)25-22/h3-13H,14H2,1-2H3,(H2,25,27,28,29). The third-order valence-corrected chi connectivity index (χ3v) is 4.81. The third-order valence-electron chi connectivity index (χ3n) is 4.81. The number of nitrogens with one attached hydrogen (secondary N) is 2. The zero-order valence-corrected chi connectivity index (χ0v) is 16.7. The molecule has 0 radical (unpaired) electrons. The molecule has 2 N–H and O–H groups in total. The molecule has 0 aliphatic heterocycles. The minimum absolute atomic E-state index is 0.303. The molecule has 0 amide bonds. The van der Waals surface area contributed by atoms with Gasteiger partial charge in [-0.1, -0.05) is 54.6 Å². The van der Waals surface area contributed by atoms with Gasteiger partial charge in [0.25, 0.3) is 0 Å². The lowest BCUT2D eigenvalue weighted by molar-refractivity contribution is 0.305. The van der Waals surface area contributed by atoms with E-state index in [4.69, 9.17) is 4.74 Å². The summed E-state index contributed by atoms with van der Waals surface area (Å²) >= 11 is 0. The van der Waals surface area contributed by atoms with E-state index in [1.807, 2.05) is 48.5 Å². The second-order valence-electron chi connectivity index (χ2n) is 6.86. The van der Waals surface area contributed by atoms with E-state index in [0.717, 1.165) is 27.6 Å². The maximum absolute atomic E-state index is 11.4. The van der Waals surface area contributed by atoms with Gasteiger partial charge in [-0.05, 0) is 41.8 Å². The molecule has 0 saturated heterocycles. The number of hydrogen-bond donors (Lipinski definition) is 2. The van der Waals surface area contributed by atoms with Gasteiger partial charge in [-0.15, -0.1) is 0 Å². The van der Waals surface area contributed by atoms with Crippen molar-refractivity contribution in [3.63, 3.8) is 0 Å². The van der Waals surface area contributed by atoms with Crippen LogP contribution in [-0.4, -0.2) is 21.4 Å². The predicted molar refractivity (Wildman–Crippen MR) is 118 cm³/mol. The van der Waals surface area contributed by atoms with Crippen LogP contribution in [-0.2, 0) is 6.61 Å². The molecule has 0 saturated carbocycles. The van der Waals surface area contributed by atoms with Gasteiger partial charge in [0.2, 0.25) is 0 Å². The Hall–Kier alpha value is -4.00. The van der Waals surface area contributed by atoms with Crippen molar-refractivity contribution in [3.05, 3.63) is 93.5 Å². The fraction of sp³-hybridized carbons (Fsp3) is 0.130. The highest BCUT2D eigenvalue weighted by Gasteiger charge is 2.09. The first-order chi connectivity index (χ1) is 14.6. The number of hydrogen-bond acceptors (Lipinski definition) is 6. The Morgan fingerprint density at radius 2 is 1.87 bits per heavy atom. The summed E-state index contributed by atoms with van der Waals surface area (Å²) in [6, 6.07) is 20.1. The van der Waals surface area contributed by atoms with Crippen LogP contribution in [0.5, 0.6) is 5.75 Å². The summed E-state index contributed by atoms with van der Waals surface area (Å²) in [7, 11) is 0. The van der Waals surface area contributed by atoms with E-state index in [9.17, 15) is 4.79 Å². The number of nitrogens with zero attached hydrogens (tertiary/aromatic N) is 3. The largest absolute Gasteiger partial charge is 0.488 e. The molecule has 0 atom stereocenters. The van der Waals surface area contributed by atoms with Crippen LogP contribution in [0.15, 0.2) is 70.6 Å². The lowest BCUT2D eigenvalue weighted by Gasteiger charge is -2.13. The molecule has 7 heteroatoms. The second-order valence-corrected chi connectivity index (χ2v) is 6.86. The first-order valence-corrected chi connectivity index (χ1v) is 9.53. The molecule has 1 aromatic heterocycles. The molecule has 0 bridgehead atoms. The van der Waals surface area contributed by atoms with Gasteiger partial charge in [-0.2, -0.15) is 15.2 Å². The summed E-state index contributed by atoms with van der Waals surface area (Å²) in [6.45, 7) is 4.25. The quantitative estimate of drug-likeness (QED) is 0.378. The van der Waals surface area contributed by atoms with Gasteiger partial charge in [0.1, 0.15) is 18.1 Å². The molecule has 0 fully saturated rings. The zero-order valence-electron chi connectivity index (χ0n) is 16.7. The van der Waals surface area contributed by atoms with Crippen molar-refractivity contribution in [2.24, 2.45) is 5.10 Å². The zero-order chi connectivity index (χ0) is 20.9. The van der Waals surface area contributed by atoms with E-state index in [1.165, 1.54) is 5.56 Å². The fourth-order valence-electron chi connectivity index (χ4n) is 3.12. The van der Waals surface area contributed by atoms with E-state index in [2.05, 4.69) is 44.8 Å². The summed E-state index contributed by atoms with van der Waals surface area (Å²) in [6.07, 6.45) is 1.68. The Balaban J connectivity index is 1.66. The summed E-state index contributed by atoms with van der Waals surface area (Å²) in [5.74, 6) is 1.02. The highest BCUT2D eigenvalue weighted by Crippen LogP contribution is 2.27. The first-order valence-electron chi connectivity index (χ1n) is 9.53. The van der Waals surface area contributed by atoms with Crippen molar-refractivity contribution in [3.8, 4) is 5.75 Å². The number of ether oxygens (including phenoxy) is 1. The molecule has 4 rings (SSSR count). The number of anilines is 1. The number of fused-ring (bicyclic) bond motifs is 1. The molecular formula is C23H21N5O2. The predicted octanol–water partition coefficient (Wildman–Crippen LogP) is 3.96. The van der Waals surface area contributed by atoms with Gasteiger partial charge < -0.3 is 4.74 Å². The SMILES string of the molecule is Cc1ccccc1COc1ccc2ccccc2c1C=NNc1nc(=O)[nH]nc1C. The van der Waals surface area contributed by atoms with E-state index in [-0.39, 0.29) is 0 Å². The third kappa shape index (κ3) is 4.20. The Labute approximate surface area is 173 Å². The summed E-state index contributed by atoms with van der Waals surface area (Å²) in [5.41, 5.74) is 5.95. The number of rotatable bonds is 6. The molecule has 3 aromatic carbocycles. The molecule has 30 heavy (non-hydrogen) atoms. The highest BCUT2D eigenvalue weighted by atomic mass is 16.5. The summed E-state index contributed by atoms with van der Waals surface area (Å²) in [4.78, 5) is 15.3. The molecule has 0 aliphatic rings. The van der Waals surface area contributed by atoms with Gasteiger partial charge in [0.05, 0.1) is 6.21 Å². The van der Waals surface area contributed by atoms with Gasteiger partial charge in [0, 0.05) is 5.56 Å². The average molecular weight is 399 g/mol. The van der Waals surface area contributed by atoms with Crippen LogP contribution in [0.1, 0.15) is 22.4 Å². The second kappa shape index (κ2) is 8.57. The Morgan fingerprint density at radius 3 is 2.73 bits per heavy atom. The number of hydrazone groups is 1. The van der Waals surface area contributed by atoms with Gasteiger partial charge >= 0.3 is 5.69 Å². The number of aryl methyl sites for hydroxylation is 2.